The lowest BCUT2D eigenvalue weighted by molar-refractivity contribution is 0.0595. The van der Waals surface area contributed by atoms with Crippen LogP contribution in [0.3, 0.4) is 0 Å². The molecule has 0 aliphatic carbocycles. The van der Waals surface area contributed by atoms with Gasteiger partial charge in [-0.2, -0.15) is 0 Å². The lowest BCUT2D eigenvalue weighted by Gasteiger charge is -2.18. The van der Waals surface area contributed by atoms with Crippen LogP contribution in [0.2, 0.25) is 0 Å². The van der Waals surface area contributed by atoms with Gasteiger partial charge >= 0.3 is 5.97 Å². The van der Waals surface area contributed by atoms with Crippen molar-refractivity contribution in [1.29, 1.82) is 0 Å². The molecule has 0 amide bonds. The van der Waals surface area contributed by atoms with E-state index in [1.807, 2.05) is 11.5 Å². The summed E-state index contributed by atoms with van der Waals surface area (Å²) in [7, 11) is 1.33. The molecule has 2 heterocycles. The van der Waals surface area contributed by atoms with Crippen LogP contribution >= 0.6 is 0 Å². The molecule has 1 aliphatic heterocycles. The summed E-state index contributed by atoms with van der Waals surface area (Å²) in [6, 6.07) is 0. The lowest BCUT2D eigenvalue weighted by atomic mass is 9.99. The second kappa shape index (κ2) is 5.61. The molecule has 1 fully saturated rings. The fourth-order valence-corrected chi connectivity index (χ4v) is 2.65. The molecule has 0 spiro atoms. The first-order valence-electron chi connectivity index (χ1n) is 6.61. The van der Waals surface area contributed by atoms with Crippen molar-refractivity contribution in [3.63, 3.8) is 0 Å². The van der Waals surface area contributed by atoms with Crippen molar-refractivity contribution < 1.29 is 14.3 Å². The maximum Gasteiger partial charge on any atom is 0.360 e. The van der Waals surface area contributed by atoms with Gasteiger partial charge in [-0.05, 0) is 19.8 Å². The normalized spacial score (nSPS) is 22.7. The minimum absolute atomic E-state index is 0.201. The summed E-state index contributed by atoms with van der Waals surface area (Å²) in [6.07, 6.45) is 2.27. The van der Waals surface area contributed by atoms with Crippen LogP contribution in [0.1, 0.15) is 36.1 Å². The topological polar surface area (TPSA) is 79.4 Å². The van der Waals surface area contributed by atoms with E-state index in [1.54, 1.807) is 0 Å². The summed E-state index contributed by atoms with van der Waals surface area (Å²) in [5, 5.41) is 0. The highest BCUT2D eigenvalue weighted by Crippen LogP contribution is 2.27. The van der Waals surface area contributed by atoms with E-state index < -0.39 is 5.97 Å². The van der Waals surface area contributed by atoms with E-state index in [0.717, 1.165) is 31.8 Å². The summed E-state index contributed by atoms with van der Waals surface area (Å²) in [6.45, 7) is 5.49. The number of carbonyl (C=O) groups is 1. The number of hydrogen-bond donors (Lipinski definition) is 1. The molecule has 6 nitrogen and oxygen atoms in total. The largest absolute Gasteiger partial charge is 0.464 e. The smallest absolute Gasteiger partial charge is 0.360 e. The van der Waals surface area contributed by atoms with Crippen LogP contribution in [0, 0.1) is 12.8 Å². The summed E-state index contributed by atoms with van der Waals surface area (Å²) in [5.74, 6) is 1.05. The van der Waals surface area contributed by atoms with Gasteiger partial charge in [0.25, 0.3) is 0 Å². The zero-order valence-electron chi connectivity index (χ0n) is 11.7. The average molecular weight is 267 g/mol. The van der Waals surface area contributed by atoms with Crippen molar-refractivity contribution in [1.82, 2.24) is 9.55 Å². The molecule has 0 radical (unpaired) electrons. The molecular formula is C13H21N3O3. The highest BCUT2D eigenvalue weighted by molar-refractivity contribution is 5.92. The van der Waals surface area contributed by atoms with Crippen molar-refractivity contribution in [3.05, 3.63) is 11.5 Å². The van der Waals surface area contributed by atoms with Crippen LogP contribution in [0.25, 0.3) is 0 Å². The zero-order chi connectivity index (χ0) is 14.0. The van der Waals surface area contributed by atoms with Gasteiger partial charge in [-0.25, -0.2) is 9.78 Å². The first-order chi connectivity index (χ1) is 9.08. The number of ether oxygens (including phenoxy) is 2. The van der Waals surface area contributed by atoms with Gasteiger partial charge in [0.05, 0.1) is 13.2 Å². The number of esters is 1. The summed E-state index contributed by atoms with van der Waals surface area (Å²) >= 11 is 0. The molecule has 0 aromatic carbocycles. The van der Waals surface area contributed by atoms with Crippen molar-refractivity contribution in [3.8, 4) is 0 Å². The van der Waals surface area contributed by atoms with Crippen LogP contribution < -0.4 is 5.73 Å². The third kappa shape index (κ3) is 2.58. The Morgan fingerprint density at radius 2 is 2.37 bits per heavy atom. The Balaban J connectivity index is 2.21. The van der Waals surface area contributed by atoms with Gasteiger partial charge in [0.2, 0.25) is 0 Å². The Morgan fingerprint density at radius 1 is 1.63 bits per heavy atom. The molecule has 0 saturated carbocycles. The Hall–Kier alpha value is -1.56. The van der Waals surface area contributed by atoms with Gasteiger partial charge in [0.15, 0.2) is 5.69 Å². The second-order valence-corrected chi connectivity index (χ2v) is 4.86. The van der Waals surface area contributed by atoms with Crippen molar-refractivity contribution in [2.75, 3.05) is 19.5 Å². The Morgan fingerprint density at radius 3 is 3.00 bits per heavy atom. The van der Waals surface area contributed by atoms with Crippen LogP contribution in [-0.2, 0) is 16.0 Å². The molecule has 2 atom stereocenters. The van der Waals surface area contributed by atoms with Crippen LogP contribution in [-0.4, -0.2) is 35.3 Å². The van der Waals surface area contributed by atoms with Crippen LogP contribution in [0.4, 0.5) is 5.82 Å². The van der Waals surface area contributed by atoms with Crippen LogP contribution in [0.15, 0.2) is 0 Å². The minimum atomic E-state index is -0.492. The Labute approximate surface area is 112 Å². The fourth-order valence-electron chi connectivity index (χ4n) is 2.65. The zero-order valence-corrected chi connectivity index (χ0v) is 11.7. The van der Waals surface area contributed by atoms with E-state index in [2.05, 4.69) is 16.6 Å². The first-order valence-corrected chi connectivity index (χ1v) is 6.61. The number of carbonyl (C=O) groups excluding carboxylic acids is 1. The van der Waals surface area contributed by atoms with Gasteiger partial charge in [0, 0.05) is 19.1 Å². The van der Waals surface area contributed by atoms with Gasteiger partial charge < -0.3 is 19.8 Å². The van der Waals surface area contributed by atoms with E-state index in [9.17, 15) is 4.79 Å². The number of anilines is 1. The monoisotopic (exact) mass is 267 g/mol. The van der Waals surface area contributed by atoms with Gasteiger partial charge in [-0.3, -0.25) is 0 Å². The SMILES string of the molecule is CCC1OCCC1Cn1c(C)nc(C(=O)OC)c1N. The number of rotatable bonds is 4. The van der Waals surface area contributed by atoms with Crippen molar-refractivity contribution in [2.24, 2.45) is 5.92 Å². The number of nitrogens with zero attached hydrogens (tertiary/aromatic N) is 2. The second-order valence-electron chi connectivity index (χ2n) is 4.86. The summed E-state index contributed by atoms with van der Waals surface area (Å²) in [5.41, 5.74) is 6.21. The van der Waals surface area contributed by atoms with E-state index in [-0.39, 0.29) is 11.8 Å². The predicted molar refractivity (Wildman–Crippen MR) is 70.9 cm³/mol. The highest BCUT2D eigenvalue weighted by atomic mass is 16.5. The molecule has 1 saturated heterocycles. The number of nitrogen functional groups attached to an aromatic ring is 1. The molecule has 1 aromatic heterocycles. The Kier molecular flexibility index (Phi) is 4.09. The number of methoxy groups -OCH3 is 1. The quantitative estimate of drug-likeness (QED) is 0.834. The number of imidazole rings is 1. The third-order valence-corrected chi connectivity index (χ3v) is 3.74. The van der Waals surface area contributed by atoms with Crippen molar-refractivity contribution in [2.45, 2.75) is 39.3 Å². The molecule has 1 aromatic rings. The molecule has 106 valence electrons. The van der Waals surface area contributed by atoms with E-state index in [0.29, 0.717) is 11.7 Å². The van der Waals surface area contributed by atoms with Gasteiger partial charge in [-0.15, -0.1) is 0 Å². The maximum absolute atomic E-state index is 11.6. The lowest BCUT2D eigenvalue weighted by Crippen LogP contribution is -2.22. The summed E-state index contributed by atoms with van der Waals surface area (Å²) < 4.78 is 12.2. The molecular weight excluding hydrogens is 246 g/mol. The molecule has 2 N–H and O–H groups in total. The predicted octanol–water partition coefficient (Wildman–Crippen LogP) is 1.38. The summed E-state index contributed by atoms with van der Waals surface area (Å²) in [4.78, 5) is 15.8. The number of aromatic nitrogens is 2. The molecule has 0 bridgehead atoms. The van der Waals surface area contributed by atoms with Gasteiger partial charge in [0.1, 0.15) is 11.6 Å². The third-order valence-electron chi connectivity index (χ3n) is 3.74. The van der Waals surface area contributed by atoms with Crippen LogP contribution in [0.5, 0.6) is 0 Å². The van der Waals surface area contributed by atoms with E-state index in [4.69, 9.17) is 10.5 Å². The Bertz CT molecular complexity index is 470. The highest BCUT2D eigenvalue weighted by Gasteiger charge is 2.29. The fraction of sp³-hybridized carbons (Fsp3) is 0.692. The van der Waals surface area contributed by atoms with E-state index in [1.165, 1.54) is 7.11 Å². The number of hydrogen-bond acceptors (Lipinski definition) is 5. The molecule has 1 aliphatic rings. The molecule has 2 rings (SSSR count). The van der Waals surface area contributed by atoms with E-state index >= 15 is 0 Å². The standard InChI is InChI=1S/C13H21N3O3/c1-4-10-9(5-6-19-10)7-16-8(2)15-11(12(16)14)13(17)18-3/h9-10H,4-7,14H2,1-3H3. The average Bonchev–Trinajstić information content (AvgIpc) is 2.97. The molecule has 6 heteroatoms. The number of aryl methyl sites for hydroxylation is 1. The first kappa shape index (κ1) is 13.9. The number of nitrogens with two attached hydrogens (primary N) is 1. The van der Waals surface area contributed by atoms with Crippen molar-refractivity contribution >= 4 is 11.8 Å². The maximum atomic E-state index is 11.6. The minimum Gasteiger partial charge on any atom is -0.464 e. The molecule has 2 unspecified atom stereocenters. The van der Waals surface area contributed by atoms with Gasteiger partial charge in [-0.1, -0.05) is 6.92 Å². The molecule has 19 heavy (non-hydrogen) atoms.